The van der Waals surface area contributed by atoms with Crippen molar-refractivity contribution in [1.82, 2.24) is 4.90 Å². The third-order valence-electron chi connectivity index (χ3n) is 6.63. The lowest BCUT2D eigenvalue weighted by molar-refractivity contribution is -0.145. The Morgan fingerprint density at radius 3 is 2.03 bits per heavy atom. The zero-order valence-corrected chi connectivity index (χ0v) is 19.0. The predicted molar refractivity (Wildman–Crippen MR) is 122 cm³/mol. The Kier molecular flexibility index (Phi) is 11.0. The van der Waals surface area contributed by atoms with Crippen molar-refractivity contribution in [3.63, 3.8) is 0 Å². The van der Waals surface area contributed by atoms with Crippen molar-refractivity contribution < 1.29 is 14.7 Å². The second-order valence-corrected chi connectivity index (χ2v) is 9.09. The number of amides is 1. The number of fused-ring (bicyclic) bond motifs is 1. The smallest absolute Gasteiger partial charge is 0.307 e. The minimum absolute atomic E-state index is 0.0164. The van der Waals surface area contributed by atoms with E-state index in [-0.39, 0.29) is 12.3 Å². The summed E-state index contributed by atoms with van der Waals surface area (Å²) in [5.74, 6) is -0.204. The monoisotopic (exact) mass is 415 g/mol. The fraction of sp³-hybridized carbons (Fsp3) is 0.692. The van der Waals surface area contributed by atoms with Crippen molar-refractivity contribution in [2.75, 3.05) is 13.1 Å². The van der Waals surface area contributed by atoms with Gasteiger partial charge >= 0.3 is 5.97 Å². The highest BCUT2D eigenvalue weighted by Gasteiger charge is 2.37. The van der Waals surface area contributed by atoms with Crippen LogP contribution >= 0.6 is 0 Å². The molecule has 3 rings (SSSR count). The lowest BCUT2D eigenvalue weighted by Crippen LogP contribution is -2.33. The molecule has 1 aromatic carbocycles. The van der Waals surface area contributed by atoms with Crippen LogP contribution in [0.3, 0.4) is 0 Å². The Labute approximate surface area is 183 Å². The van der Waals surface area contributed by atoms with Crippen LogP contribution < -0.4 is 0 Å². The summed E-state index contributed by atoms with van der Waals surface area (Å²) >= 11 is 0. The Balaban J connectivity index is 0.000000396. The van der Waals surface area contributed by atoms with Gasteiger partial charge in [0.15, 0.2) is 0 Å². The highest BCUT2D eigenvalue weighted by Crippen LogP contribution is 2.36. The van der Waals surface area contributed by atoms with Crippen LogP contribution in [-0.2, 0) is 16.0 Å². The van der Waals surface area contributed by atoms with Gasteiger partial charge < -0.3 is 10.0 Å². The maximum atomic E-state index is 12.6. The fourth-order valence-corrected chi connectivity index (χ4v) is 4.77. The van der Waals surface area contributed by atoms with Crippen LogP contribution in [0.25, 0.3) is 0 Å². The summed E-state index contributed by atoms with van der Waals surface area (Å²) in [6.45, 7) is 6.16. The van der Waals surface area contributed by atoms with Gasteiger partial charge in [0.2, 0.25) is 5.91 Å². The summed E-state index contributed by atoms with van der Waals surface area (Å²) in [5.41, 5.74) is 0.975. The highest BCUT2D eigenvalue weighted by atomic mass is 16.4. The first kappa shape index (κ1) is 24.4. The third kappa shape index (κ3) is 8.12. The molecule has 1 aromatic rings. The summed E-state index contributed by atoms with van der Waals surface area (Å²) in [7, 11) is 0. The molecule has 30 heavy (non-hydrogen) atoms. The molecule has 4 heteroatoms. The van der Waals surface area contributed by atoms with E-state index in [2.05, 4.69) is 13.8 Å². The molecule has 4 nitrogen and oxygen atoms in total. The van der Waals surface area contributed by atoms with Gasteiger partial charge in [0.05, 0.1) is 5.92 Å². The van der Waals surface area contributed by atoms with Gasteiger partial charge in [-0.1, -0.05) is 89.1 Å². The van der Waals surface area contributed by atoms with Crippen molar-refractivity contribution in [3.05, 3.63) is 35.9 Å². The molecule has 1 saturated heterocycles. The van der Waals surface area contributed by atoms with Crippen LogP contribution in [-0.4, -0.2) is 35.0 Å². The number of unbranched alkanes of at least 4 members (excludes halogenated alkanes) is 4. The number of carbonyl (C=O) groups excluding carboxylic acids is 1. The minimum atomic E-state index is -0.876. The molecule has 0 bridgehead atoms. The van der Waals surface area contributed by atoms with Crippen LogP contribution in [0.15, 0.2) is 30.3 Å². The molecule has 1 aliphatic heterocycles. The van der Waals surface area contributed by atoms with Crippen LogP contribution in [0, 0.1) is 17.8 Å². The summed E-state index contributed by atoms with van der Waals surface area (Å²) in [5, 5.41) is 9.46. The highest BCUT2D eigenvalue weighted by molar-refractivity contribution is 5.82. The molecule has 1 aliphatic carbocycles. The molecular formula is C26H41NO3. The first-order valence-electron chi connectivity index (χ1n) is 12.1. The summed E-state index contributed by atoms with van der Waals surface area (Å²) in [6.07, 6.45) is 12.5. The molecule has 0 aromatic heterocycles. The average molecular weight is 416 g/mol. The van der Waals surface area contributed by atoms with Crippen molar-refractivity contribution in [1.29, 1.82) is 0 Å². The predicted octanol–water partition coefficient (Wildman–Crippen LogP) is 5.95. The van der Waals surface area contributed by atoms with Gasteiger partial charge in [-0.2, -0.15) is 0 Å². The third-order valence-corrected chi connectivity index (χ3v) is 6.63. The van der Waals surface area contributed by atoms with E-state index in [1.807, 2.05) is 35.2 Å². The van der Waals surface area contributed by atoms with Gasteiger partial charge in [0, 0.05) is 19.5 Å². The number of nitrogens with zero attached hydrogens (tertiary/aromatic N) is 1. The van der Waals surface area contributed by atoms with Gasteiger partial charge in [-0.05, 0) is 36.7 Å². The zero-order valence-electron chi connectivity index (χ0n) is 19.0. The van der Waals surface area contributed by atoms with E-state index in [0.29, 0.717) is 18.3 Å². The minimum Gasteiger partial charge on any atom is -0.481 e. The van der Waals surface area contributed by atoms with E-state index in [4.69, 9.17) is 0 Å². The van der Waals surface area contributed by atoms with Gasteiger partial charge in [-0.3, -0.25) is 9.59 Å². The Bertz CT molecular complexity index is 612. The average Bonchev–Trinajstić information content (AvgIpc) is 3.19. The van der Waals surface area contributed by atoms with E-state index in [9.17, 15) is 14.7 Å². The van der Waals surface area contributed by atoms with E-state index in [1.54, 1.807) is 0 Å². The Morgan fingerprint density at radius 2 is 1.53 bits per heavy atom. The number of aliphatic carboxylic acids is 1. The van der Waals surface area contributed by atoms with Crippen molar-refractivity contribution in [3.8, 4) is 0 Å². The van der Waals surface area contributed by atoms with Crippen LogP contribution in [0.1, 0.15) is 83.6 Å². The Hall–Kier alpha value is -1.84. The van der Waals surface area contributed by atoms with Gasteiger partial charge in [-0.25, -0.2) is 0 Å². The second-order valence-electron chi connectivity index (χ2n) is 9.09. The molecule has 1 saturated carbocycles. The van der Waals surface area contributed by atoms with E-state index < -0.39 is 11.9 Å². The first-order valence-corrected chi connectivity index (χ1v) is 12.1. The number of benzene rings is 1. The summed E-state index contributed by atoms with van der Waals surface area (Å²) < 4.78 is 0. The van der Waals surface area contributed by atoms with E-state index in [0.717, 1.165) is 18.7 Å². The van der Waals surface area contributed by atoms with Crippen LogP contribution in [0.5, 0.6) is 0 Å². The molecule has 3 atom stereocenters. The van der Waals surface area contributed by atoms with Gasteiger partial charge in [0.25, 0.3) is 0 Å². The molecule has 2 fully saturated rings. The standard InChI is InChI=1S/C19H25NO3.C7H16/c21-18(20-12-15-8-4-5-9-16(15)13-20)11-17(19(22)23)10-14-6-2-1-3-7-14;1-3-5-7-6-4-2/h1-3,6-7,15-17H,4-5,8-13H2,(H,22,23);3-7H2,1-2H3/t15-,16+,17-;/m0./s1. The summed E-state index contributed by atoms with van der Waals surface area (Å²) in [4.78, 5) is 26.0. The molecule has 1 heterocycles. The molecule has 1 N–H and O–H groups in total. The number of carbonyl (C=O) groups is 2. The van der Waals surface area contributed by atoms with Gasteiger partial charge in [-0.15, -0.1) is 0 Å². The van der Waals surface area contributed by atoms with Gasteiger partial charge in [0.1, 0.15) is 0 Å². The summed E-state index contributed by atoms with van der Waals surface area (Å²) in [6, 6.07) is 9.56. The number of hydrogen-bond acceptors (Lipinski definition) is 2. The number of rotatable bonds is 9. The molecule has 0 unspecified atom stereocenters. The normalized spacial score (nSPS) is 21.3. The topological polar surface area (TPSA) is 57.6 Å². The molecule has 1 amide bonds. The maximum Gasteiger partial charge on any atom is 0.307 e. The quantitative estimate of drug-likeness (QED) is 0.507. The lowest BCUT2D eigenvalue weighted by Gasteiger charge is -2.22. The SMILES string of the molecule is CCCCCCC.O=C(O)[C@H](CC(=O)N1C[C@H]2CCCC[C@H]2C1)Cc1ccccc1. The number of carboxylic acids is 1. The molecule has 168 valence electrons. The molecule has 0 radical (unpaired) electrons. The maximum absolute atomic E-state index is 12.6. The van der Waals surface area contributed by atoms with Crippen molar-refractivity contribution >= 4 is 11.9 Å². The first-order chi connectivity index (χ1) is 14.5. The van der Waals surface area contributed by atoms with E-state index >= 15 is 0 Å². The zero-order chi connectivity index (χ0) is 21.8. The van der Waals surface area contributed by atoms with Crippen molar-refractivity contribution in [2.24, 2.45) is 17.8 Å². The molecular weight excluding hydrogens is 374 g/mol. The van der Waals surface area contributed by atoms with Crippen molar-refractivity contribution in [2.45, 2.75) is 84.5 Å². The molecule has 2 aliphatic rings. The number of hydrogen-bond donors (Lipinski definition) is 1. The number of carboxylic acid groups (broad SMARTS) is 1. The van der Waals surface area contributed by atoms with E-state index in [1.165, 1.54) is 57.8 Å². The largest absolute Gasteiger partial charge is 0.481 e. The fourth-order valence-electron chi connectivity index (χ4n) is 4.77. The number of likely N-dealkylation sites (tertiary alicyclic amines) is 1. The lowest BCUT2D eigenvalue weighted by atomic mass is 9.82. The van der Waals surface area contributed by atoms with Crippen LogP contribution in [0.4, 0.5) is 0 Å². The van der Waals surface area contributed by atoms with Crippen LogP contribution in [0.2, 0.25) is 0 Å². The second kappa shape index (κ2) is 13.5. The molecule has 0 spiro atoms. The Morgan fingerprint density at radius 1 is 0.967 bits per heavy atom.